The van der Waals surface area contributed by atoms with Gasteiger partial charge in [-0.2, -0.15) is 4.31 Å². The molecule has 2 aliphatic rings. The van der Waals surface area contributed by atoms with Crippen LogP contribution < -0.4 is 5.32 Å². The van der Waals surface area contributed by atoms with Crippen LogP contribution in [0.3, 0.4) is 0 Å². The third-order valence-corrected chi connectivity index (χ3v) is 7.05. The van der Waals surface area contributed by atoms with Crippen molar-refractivity contribution in [2.24, 2.45) is 5.92 Å². The monoisotopic (exact) mass is 358 g/mol. The molecule has 2 fully saturated rings. The van der Waals surface area contributed by atoms with Gasteiger partial charge in [0.2, 0.25) is 10.0 Å². The molecule has 0 radical (unpaired) electrons. The Bertz CT molecular complexity index is 604. The van der Waals surface area contributed by atoms with Crippen LogP contribution in [0.5, 0.6) is 0 Å². The Kier molecular flexibility index (Phi) is 3.92. The summed E-state index contributed by atoms with van der Waals surface area (Å²) in [4.78, 5) is 0.400. The number of hydrogen-bond acceptors (Lipinski definition) is 3. The summed E-state index contributed by atoms with van der Waals surface area (Å²) in [5, 5.41) is 3.44. The minimum Gasteiger partial charge on any atom is -0.312 e. The molecule has 6 heteroatoms. The quantitative estimate of drug-likeness (QED) is 0.880. The lowest BCUT2D eigenvalue weighted by atomic mass is 9.94. The molecule has 0 aromatic heterocycles. The number of nitrogens with zero attached hydrogens (tertiary/aromatic N) is 1. The third-order valence-electron chi connectivity index (χ3n) is 4.33. The van der Waals surface area contributed by atoms with Crippen LogP contribution in [0.2, 0.25) is 0 Å². The van der Waals surface area contributed by atoms with Crippen molar-refractivity contribution in [2.75, 3.05) is 19.6 Å². The molecule has 3 rings (SSSR count). The zero-order valence-electron chi connectivity index (χ0n) is 11.5. The second-order valence-corrected chi connectivity index (χ2v) is 8.49. The van der Waals surface area contributed by atoms with Crippen LogP contribution in [0, 0.1) is 12.8 Å². The summed E-state index contributed by atoms with van der Waals surface area (Å²) in [5.41, 5.74) is 0.945. The summed E-state index contributed by atoms with van der Waals surface area (Å²) >= 11 is 3.41. The summed E-state index contributed by atoms with van der Waals surface area (Å²) in [6, 6.07) is 5.57. The first kappa shape index (κ1) is 14.5. The average molecular weight is 359 g/mol. The van der Waals surface area contributed by atoms with Gasteiger partial charge in [0.25, 0.3) is 0 Å². The van der Waals surface area contributed by atoms with Crippen LogP contribution in [-0.4, -0.2) is 38.4 Å². The number of nitrogens with one attached hydrogen (secondary N) is 1. The van der Waals surface area contributed by atoms with Crippen LogP contribution >= 0.6 is 15.9 Å². The van der Waals surface area contributed by atoms with Crippen molar-refractivity contribution in [3.05, 3.63) is 28.2 Å². The van der Waals surface area contributed by atoms with Gasteiger partial charge >= 0.3 is 0 Å². The van der Waals surface area contributed by atoms with E-state index in [0.29, 0.717) is 29.9 Å². The molecule has 2 unspecified atom stereocenters. The number of aryl methyl sites for hydroxylation is 1. The van der Waals surface area contributed by atoms with Gasteiger partial charge in [0.15, 0.2) is 0 Å². The lowest BCUT2D eigenvalue weighted by molar-refractivity contribution is 0.339. The highest BCUT2D eigenvalue weighted by Crippen LogP contribution is 2.30. The van der Waals surface area contributed by atoms with E-state index in [9.17, 15) is 8.42 Å². The first-order chi connectivity index (χ1) is 9.48. The molecule has 0 saturated carbocycles. The van der Waals surface area contributed by atoms with Gasteiger partial charge in [0, 0.05) is 23.6 Å². The Labute approximate surface area is 128 Å². The van der Waals surface area contributed by atoms with Gasteiger partial charge < -0.3 is 5.32 Å². The molecule has 1 aromatic carbocycles. The summed E-state index contributed by atoms with van der Waals surface area (Å²) < 4.78 is 28.0. The number of rotatable bonds is 2. The summed E-state index contributed by atoms with van der Waals surface area (Å²) in [6.07, 6.45) is 2.27. The Hall–Kier alpha value is -0.430. The van der Waals surface area contributed by atoms with Crippen molar-refractivity contribution < 1.29 is 8.42 Å². The molecule has 20 heavy (non-hydrogen) atoms. The molecular weight excluding hydrogens is 340 g/mol. The molecule has 2 aliphatic heterocycles. The fourth-order valence-corrected chi connectivity index (χ4v) is 4.99. The van der Waals surface area contributed by atoms with E-state index in [-0.39, 0.29) is 0 Å². The Morgan fingerprint density at radius 1 is 1.35 bits per heavy atom. The lowest BCUT2D eigenvalue weighted by Crippen LogP contribution is -2.41. The minimum atomic E-state index is -3.36. The predicted octanol–water partition coefficient (Wildman–Crippen LogP) is 2.13. The summed E-state index contributed by atoms with van der Waals surface area (Å²) in [6.45, 7) is 4.16. The molecule has 2 heterocycles. The first-order valence-corrected chi connectivity index (χ1v) is 9.21. The van der Waals surface area contributed by atoms with Crippen molar-refractivity contribution in [1.29, 1.82) is 0 Å². The average Bonchev–Trinajstić information content (AvgIpc) is 2.86. The second kappa shape index (κ2) is 5.40. The fraction of sp³-hybridized carbons (Fsp3) is 0.571. The van der Waals surface area contributed by atoms with Gasteiger partial charge in [0.1, 0.15) is 0 Å². The van der Waals surface area contributed by atoms with E-state index in [1.807, 2.05) is 13.0 Å². The zero-order valence-corrected chi connectivity index (χ0v) is 13.9. The molecule has 2 saturated heterocycles. The Morgan fingerprint density at radius 2 is 2.15 bits per heavy atom. The molecule has 0 spiro atoms. The highest BCUT2D eigenvalue weighted by atomic mass is 79.9. The van der Waals surface area contributed by atoms with Crippen molar-refractivity contribution >= 4 is 26.0 Å². The number of hydrogen-bond donors (Lipinski definition) is 1. The molecule has 1 N–H and O–H groups in total. The zero-order chi connectivity index (χ0) is 14.3. The topological polar surface area (TPSA) is 49.4 Å². The summed E-state index contributed by atoms with van der Waals surface area (Å²) in [7, 11) is -3.36. The lowest BCUT2D eigenvalue weighted by Gasteiger charge is -2.24. The van der Waals surface area contributed by atoms with Crippen LogP contribution in [0.15, 0.2) is 27.6 Å². The number of piperidine rings is 1. The van der Waals surface area contributed by atoms with Gasteiger partial charge in [-0.15, -0.1) is 0 Å². The van der Waals surface area contributed by atoms with Crippen LogP contribution in [-0.2, 0) is 10.0 Å². The molecule has 0 amide bonds. The molecule has 0 aliphatic carbocycles. The van der Waals surface area contributed by atoms with Gasteiger partial charge in [0.05, 0.1) is 4.90 Å². The van der Waals surface area contributed by atoms with Crippen molar-refractivity contribution in [3.8, 4) is 0 Å². The minimum absolute atomic E-state index is 0.329. The molecule has 1 aromatic rings. The van der Waals surface area contributed by atoms with Gasteiger partial charge in [-0.25, -0.2) is 8.42 Å². The van der Waals surface area contributed by atoms with Crippen molar-refractivity contribution in [3.63, 3.8) is 0 Å². The maximum absolute atomic E-state index is 12.7. The maximum Gasteiger partial charge on any atom is 0.243 e. The van der Waals surface area contributed by atoms with E-state index in [0.717, 1.165) is 29.4 Å². The summed E-state index contributed by atoms with van der Waals surface area (Å²) in [5.74, 6) is 0.468. The Morgan fingerprint density at radius 3 is 2.85 bits per heavy atom. The number of halogens is 1. The first-order valence-electron chi connectivity index (χ1n) is 6.98. The molecule has 2 atom stereocenters. The van der Waals surface area contributed by atoms with Gasteiger partial charge in [-0.05, 0) is 56.0 Å². The van der Waals surface area contributed by atoms with Crippen molar-refractivity contribution in [2.45, 2.75) is 30.7 Å². The van der Waals surface area contributed by atoms with Gasteiger partial charge in [-0.3, -0.25) is 0 Å². The largest absolute Gasteiger partial charge is 0.312 e. The number of sulfonamides is 1. The van der Waals surface area contributed by atoms with E-state index >= 15 is 0 Å². The predicted molar refractivity (Wildman–Crippen MR) is 82.2 cm³/mol. The molecule has 110 valence electrons. The third kappa shape index (κ3) is 2.54. The smallest absolute Gasteiger partial charge is 0.243 e. The van der Waals surface area contributed by atoms with E-state index in [1.165, 1.54) is 0 Å². The van der Waals surface area contributed by atoms with E-state index < -0.39 is 10.0 Å². The second-order valence-electron chi connectivity index (χ2n) is 5.70. The molecule has 0 bridgehead atoms. The standard InChI is InChI=1S/C14H19BrN2O2S/c1-10-7-12(4-5-13(10)15)20(18,19)17-8-11-3-2-6-16-14(11)9-17/h4-5,7,11,14,16H,2-3,6,8-9H2,1H3. The van der Waals surface area contributed by atoms with Crippen LogP contribution in [0.4, 0.5) is 0 Å². The normalized spacial score (nSPS) is 27.5. The van der Waals surface area contributed by atoms with E-state index in [2.05, 4.69) is 21.2 Å². The number of benzene rings is 1. The van der Waals surface area contributed by atoms with Crippen LogP contribution in [0.25, 0.3) is 0 Å². The maximum atomic E-state index is 12.7. The molecular formula is C14H19BrN2O2S. The highest BCUT2D eigenvalue weighted by molar-refractivity contribution is 9.10. The Balaban J connectivity index is 1.86. The van der Waals surface area contributed by atoms with E-state index in [1.54, 1.807) is 16.4 Å². The van der Waals surface area contributed by atoms with Crippen molar-refractivity contribution in [1.82, 2.24) is 9.62 Å². The number of fused-ring (bicyclic) bond motifs is 1. The van der Waals surface area contributed by atoms with E-state index in [4.69, 9.17) is 0 Å². The highest BCUT2D eigenvalue weighted by Gasteiger charge is 2.40. The van der Waals surface area contributed by atoms with Gasteiger partial charge in [-0.1, -0.05) is 15.9 Å². The fourth-order valence-electron chi connectivity index (χ4n) is 3.13. The SMILES string of the molecule is Cc1cc(S(=O)(=O)N2CC3CCCNC3C2)ccc1Br. The molecule has 4 nitrogen and oxygen atoms in total. The van der Waals surface area contributed by atoms with Crippen LogP contribution in [0.1, 0.15) is 18.4 Å².